The Morgan fingerprint density at radius 3 is 1.69 bits per heavy atom. The van der Waals surface area contributed by atoms with Crippen molar-refractivity contribution in [1.82, 2.24) is 0 Å². The highest BCUT2D eigenvalue weighted by molar-refractivity contribution is 7.52. The fraction of sp³-hybridized carbons (Fsp3) is 0.826. The van der Waals surface area contributed by atoms with Gasteiger partial charge in [-0.25, -0.2) is 0 Å². The molecule has 0 aromatic rings. The molecular weight excluding hydrogens is 499 g/mol. The Hall–Kier alpha value is -2.01. The van der Waals surface area contributed by atoms with E-state index in [0.717, 1.165) is 0 Å². The van der Waals surface area contributed by atoms with Crippen LogP contribution >= 0.6 is 7.60 Å². The Balaban J connectivity index is 0.000000717. The number of esters is 4. The molecule has 13 heteroatoms. The van der Waals surface area contributed by atoms with Gasteiger partial charge >= 0.3 is 31.5 Å². The molecule has 0 radical (unpaired) electrons. The molecule has 1 saturated heterocycles. The second-order valence-electron chi connectivity index (χ2n) is 10.2. The number of hydrogen-bond acceptors (Lipinski definition) is 12. The first kappa shape index (κ1) is 34.0. The molecule has 0 amide bonds. The molecule has 0 aromatic heterocycles. The Morgan fingerprint density at radius 2 is 1.31 bits per heavy atom. The number of carbonyl (C=O) groups excluding carboxylic acids is 4. The molecule has 0 saturated carbocycles. The van der Waals surface area contributed by atoms with Crippen LogP contribution in [-0.2, 0) is 56.5 Å². The summed E-state index contributed by atoms with van der Waals surface area (Å²) in [6.45, 7) is 13.8. The minimum atomic E-state index is -3.46. The summed E-state index contributed by atoms with van der Waals surface area (Å²) in [5.41, 5.74) is -1.35. The van der Waals surface area contributed by atoms with Crippen LogP contribution in [-0.4, -0.2) is 69.5 Å². The number of hydrogen-bond donors (Lipinski definition) is 0. The number of carbonyl (C=O) groups is 4. The molecule has 1 rings (SSSR count). The van der Waals surface area contributed by atoms with Gasteiger partial charge in [0.25, 0.3) is 0 Å². The van der Waals surface area contributed by atoms with Gasteiger partial charge in [0.2, 0.25) is 13.6 Å². The van der Waals surface area contributed by atoms with E-state index in [2.05, 4.69) is 0 Å². The van der Waals surface area contributed by atoms with Crippen molar-refractivity contribution in [2.24, 2.45) is 10.8 Å². The molecule has 1 aliphatic heterocycles. The summed E-state index contributed by atoms with van der Waals surface area (Å²) >= 11 is 0. The SMILES string of the molecule is CC(=O)OC[C@@H]1CC(OC(C)=O)CCO1.CC(C)(C)C(=O)OCOP(C)(=O)OCOC(=O)C(C)(C)C. The summed E-state index contributed by atoms with van der Waals surface area (Å²) in [5.74, 6) is -1.58. The van der Waals surface area contributed by atoms with E-state index in [-0.39, 0.29) is 30.8 Å². The molecule has 1 fully saturated rings. The highest BCUT2D eigenvalue weighted by atomic mass is 31.2. The number of rotatable bonds is 9. The smallest absolute Gasteiger partial charge is 0.333 e. The average molecular weight is 541 g/mol. The van der Waals surface area contributed by atoms with Gasteiger partial charge in [0.1, 0.15) is 12.7 Å². The van der Waals surface area contributed by atoms with Crippen LogP contribution in [0.15, 0.2) is 0 Å². The van der Waals surface area contributed by atoms with Gasteiger partial charge in [0, 0.05) is 33.4 Å². The van der Waals surface area contributed by atoms with Crippen LogP contribution in [0.25, 0.3) is 0 Å². The van der Waals surface area contributed by atoms with Crippen LogP contribution < -0.4 is 0 Å². The zero-order valence-electron chi connectivity index (χ0n) is 22.7. The lowest BCUT2D eigenvalue weighted by molar-refractivity contribution is -0.162. The molecular formula is C23H41O12P. The lowest BCUT2D eigenvalue weighted by Crippen LogP contribution is -2.35. The monoisotopic (exact) mass is 540 g/mol. The van der Waals surface area contributed by atoms with E-state index in [1.807, 2.05) is 0 Å². The van der Waals surface area contributed by atoms with Crippen molar-refractivity contribution in [2.75, 3.05) is 33.5 Å². The molecule has 1 aliphatic rings. The third kappa shape index (κ3) is 16.6. The van der Waals surface area contributed by atoms with Crippen molar-refractivity contribution >= 4 is 31.5 Å². The van der Waals surface area contributed by atoms with Gasteiger partial charge in [-0.3, -0.25) is 32.8 Å². The summed E-state index contributed by atoms with van der Waals surface area (Å²) in [5, 5.41) is 0. The molecule has 2 atom stereocenters. The van der Waals surface area contributed by atoms with Crippen LogP contribution in [0.2, 0.25) is 0 Å². The predicted molar refractivity (Wildman–Crippen MR) is 128 cm³/mol. The highest BCUT2D eigenvalue weighted by Gasteiger charge is 2.27. The van der Waals surface area contributed by atoms with Gasteiger partial charge in [-0.2, -0.15) is 0 Å². The van der Waals surface area contributed by atoms with Crippen LogP contribution in [0.5, 0.6) is 0 Å². The summed E-state index contributed by atoms with van der Waals surface area (Å²) in [4.78, 5) is 44.2. The predicted octanol–water partition coefficient (Wildman–Crippen LogP) is 3.60. The lowest BCUT2D eigenvalue weighted by atomic mass is 9.98. The Morgan fingerprint density at radius 1 is 0.833 bits per heavy atom. The van der Waals surface area contributed by atoms with Gasteiger partial charge in [0.15, 0.2) is 0 Å². The second kappa shape index (κ2) is 15.3. The second-order valence-corrected chi connectivity index (χ2v) is 12.2. The third-order valence-electron chi connectivity index (χ3n) is 4.30. The van der Waals surface area contributed by atoms with Crippen molar-refractivity contribution in [2.45, 2.75) is 80.4 Å². The molecule has 36 heavy (non-hydrogen) atoms. The summed E-state index contributed by atoms with van der Waals surface area (Å²) in [6.07, 6.45) is 1.02. The maximum atomic E-state index is 11.8. The van der Waals surface area contributed by atoms with Gasteiger partial charge in [0.05, 0.1) is 23.5 Å². The van der Waals surface area contributed by atoms with Crippen LogP contribution in [0.3, 0.4) is 0 Å². The molecule has 0 N–H and O–H groups in total. The topological polar surface area (TPSA) is 150 Å². The van der Waals surface area contributed by atoms with Crippen molar-refractivity contribution in [3.63, 3.8) is 0 Å². The molecule has 12 nitrogen and oxygen atoms in total. The first-order chi connectivity index (χ1) is 16.3. The maximum Gasteiger partial charge on any atom is 0.333 e. The minimum Gasteiger partial charge on any atom is -0.463 e. The molecule has 1 heterocycles. The van der Waals surface area contributed by atoms with Crippen molar-refractivity contribution < 1.29 is 56.5 Å². The van der Waals surface area contributed by atoms with E-state index in [4.69, 9.17) is 32.7 Å². The normalized spacial score (nSPS) is 18.2. The fourth-order valence-electron chi connectivity index (χ4n) is 2.33. The van der Waals surface area contributed by atoms with E-state index in [1.54, 1.807) is 41.5 Å². The Bertz CT molecular complexity index is 745. The zero-order chi connectivity index (χ0) is 28.2. The minimum absolute atomic E-state index is 0.114. The van der Waals surface area contributed by atoms with Gasteiger partial charge in [-0.1, -0.05) is 0 Å². The van der Waals surface area contributed by atoms with Crippen LogP contribution in [0.4, 0.5) is 0 Å². The van der Waals surface area contributed by atoms with E-state index >= 15 is 0 Å². The first-order valence-electron chi connectivity index (χ1n) is 11.5. The molecule has 210 valence electrons. The summed E-state index contributed by atoms with van der Waals surface area (Å²) < 4.78 is 46.4. The van der Waals surface area contributed by atoms with E-state index < -0.39 is 44.0 Å². The quantitative estimate of drug-likeness (QED) is 0.182. The lowest BCUT2D eigenvalue weighted by Gasteiger charge is -2.28. The van der Waals surface area contributed by atoms with Crippen molar-refractivity contribution in [3.8, 4) is 0 Å². The van der Waals surface area contributed by atoms with E-state index in [1.165, 1.54) is 20.5 Å². The summed E-state index contributed by atoms with van der Waals surface area (Å²) in [7, 11) is -3.46. The van der Waals surface area contributed by atoms with Gasteiger partial charge in [-0.05, 0) is 41.5 Å². The zero-order valence-corrected chi connectivity index (χ0v) is 23.6. The standard InChI is InChI=1S/C13H25O7P.C10H16O5/c1-12(2,3)10(14)17-8-19-21(7,16)20-9-18-11(15)13(4,5)6;1-7(11)14-6-10-5-9(3-4-13-10)15-8(2)12/h8-9H2,1-7H3;9-10H,3-6H2,1-2H3/t;9?,10-/m.0/s1. The first-order valence-corrected chi connectivity index (χ1v) is 13.5. The third-order valence-corrected chi connectivity index (χ3v) is 5.45. The van der Waals surface area contributed by atoms with Gasteiger partial charge in [-0.15, -0.1) is 0 Å². The Labute approximate surface area is 213 Å². The van der Waals surface area contributed by atoms with Gasteiger partial charge < -0.3 is 23.7 Å². The van der Waals surface area contributed by atoms with E-state index in [0.29, 0.717) is 19.4 Å². The molecule has 0 spiro atoms. The largest absolute Gasteiger partial charge is 0.463 e. The fourth-order valence-corrected chi connectivity index (χ4v) is 2.90. The highest BCUT2D eigenvalue weighted by Crippen LogP contribution is 2.43. The Kier molecular flexibility index (Phi) is 14.4. The maximum absolute atomic E-state index is 11.8. The molecule has 1 unspecified atom stereocenters. The summed E-state index contributed by atoms with van der Waals surface area (Å²) in [6, 6.07) is 0. The molecule has 0 aliphatic carbocycles. The van der Waals surface area contributed by atoms with Crippen molar-refractivity contribution in [3.05, 3.63) is 0 Å². The number of ether oxygens (including phenoxy) is 5. The van der Waals surface area contributed by atoms with E-state index in [9.17, 15) is 23.7 Å². The van der Waals surface area contributed by atoms with Crippen LogP contribution in [0, 0.1) is 10.8 Å². The molecule has 0 aromatic carbocycles. The van der Waals surface area contributed by atoms with Crippen molar-refractivity contribution in [1.29, 1.82) is 0 Å². The molecule has 0 bridgehead atoms. The van der Waals surface area contributed by atoms with Crippen LogP contribution in [0.1, 0.15) is 68.2 Å². The average Bonchev–Trinajstić information content (AvgIpc) is 2.70.